The number of rotatable bonds is 2. The van der Waals surface area contributed by atoms with Crippen molar-refractivity contribution >= 4 is 28.3 Å². The van der Waals surface area contributed by atoms with Gasteiger partial charge in [-0.1, -0.05) is 6.07 Å². The number of benzene rings is 1. The van der Waals surface area contributed by atoms with Gasteiger partial charge in [-0.15, -0.1) is 0 Å². The second-order valence-electron chi connectivity index (χ2n) is 3.44. The van der Waals surface area contributed by atoms with Crippen LogP contribution in [0.25, 0.3) is 0 Å². The highest BCUT2D eigenvalue weighted by atomic mass is 127. The van der Waals surface area contributed by atoms with Gasteiger partial charge in [0.15, 0.2) is 0 Å². The Labute approximate surface area is 108 Å². The van der Waals surface area contributed by atoms with Crippen molar-refractivity contribution in [2.75, 3.05) is 5.73 Å². The average molecular weight is 326 g/mol. The Balaban J connectivity index is 2.24. The van der Waals surface area contributed by atoms with Gasteiger partial charge in [0, 0.05) is 9.64 Å². The summed E-state index contributed by atoms with van der Waals surface area (Å²) in [5.41, 5.74) is 7.33. The second kappa shape index (κ2) is 4.69. The van der Waals surface area contributed by atoms with Gasteiger partial charge in [-0.2, -0.15) is 0 Å². The molecule has 3 nitrogen and oxygen atoms in total. The summed E-state index contributed by atoms with van der Waals surface area (Å²) in [5, 5.41) is 0. The molecule has 1 aromatic carbocycles. The fourth-order valence-electron chi connectivity index (χ4n) is 1.25. The van der Waals surface area contributed by atoms with Gasteiger partial charge in [-0.05, 0) is 53.3 Å². The zero-order valence-electron chi connectivity index (χ0n) is 8.77. The molecule has 0 saturated carbocycles. The molecule has 0 aliphatic heterocycles. The van der Waals surface area contributed by atoms with Gasteiger partial charge in [0.05, 0.1) is 11.9 Å². The molecular weight excluding hydrogens is 315 g/mol. The van der Waals surface area contributed by atoms with Gasteiger partial charge in [0.1, 0.15) is 5.75 Å². The van der Waals surface area contributed by atoms with Crippen molar-refractivity contribution < 1.29 is 4.74 Å². The quantitative estimate of drug-likeness (QED) is 0.861. The van der Waals surface area contributed by atoms with Crippen LogP contribution in [0.2, 0.25) is 0 Å². The minimum Gasteiger partial charge on any atom is -0.439 e. The van der Waals surface area contributed by atoms with Crippen LogP contribution in [0.4, 0.5) is 5.69 Å². The first-order valence-electron chi connectivity index (χ1n) is 4.81. The number of nitrogens with two attached hydrogens (primary N) is 1. The van der Waals surface area contributed by atoms with Crippen molar-refractivity contribution in [3.63, 3.8) is 0 Å². The summed E-state index contributed by atoms with van der Waals surface area (Å²) in [4.78, 5) is 4.11. The molecular formula is C12H11IN2O. The Bertz CT molecular complexity index is 514. The summed E-state index contributed by atoms with van der Waals surface area (Å²) < 4.78 is 6.75. The van der Waals surface area contributed by atoms with Crippen LogP contribution in [-0.2, 0) is 0 Å². The first kappa shape index (κ1) is 11.2. The topological polar surface area (TPSA) is 48.1 Å². The van der Waals surface area contributed by atoms with Crippen LogP contribution in [0.5, 0.6) is 11.6 Å². The predicted molar refractivity (Wildman–Crippen MR) is 72.6 cm³/mol. The standard InChI is InChI=1S/C12H11IN2O/c1-8-5-12(15-7-11(8)14)16-10-4-2-3-9(13)6-10/h2-7H,14H2,1H3. The summed E-state index contributed by atoms with van der Waals surface area (Å²) >= 11 is 2.24. The van der Waals surface area contributed by atoms with E-state index >= 15 is 0 Å². The Hall–Kier alpha value is -1.30. The molecule has 0 spiro atoms. The average Bonchev–Trinajstić information content (AvgIpc) is 2.24. The number of hydrogen-bond acceptors (Lipinski definition) is 3. The molecule has 0 bridgehead atoms. The molecule has 0 amide bonds. The SMILES string of the molecule is Cc1cc(Oc2cccc(I)c2)ncc1N. The van der Waals surface area contributed by atoms with Crippen molar-refractivity contribution in [1.82, 2.24) is 4.98 Å². The third kappa shape index (κ3) is 2.63. The van der Waals surface area contributed by atoms with E-state index in [9.17, 15) is 0 Å². The smallest absolute Gasteiger partial charge is 0.219 e. The maximum absolute atomic E-state index is 5.69. The predicted octanol–water partition coefficient (Wildman–Crippen LogP) is 3.37. The molecule has 2 N–H and O–H groups in total. The number of nitrogen functional groups attached to an aromatic ring is 1. The van der Waals surface area contributed by atoms with Crippen LogP contribution in [-0.4, -0.2) is 4.98 Å². The number of ether oxygens (including phenoxy) is 1. The number of nitrogens with zero attached hydrogens (tertiary/aromatic N) is 1. The van der Waals surface area contributed by atoms with E-state index in [-0.39, 0.29) is 0 Å². The molecule has 4 heteroatoms. The van der Waals surface area contributed by atoms with Crippen LogP contribution < -0.4 is 10.5 Å². The van der Waals surface area contributed by atoms with Crippen molar-refractivity contribution in [3.8, 4) is 11.6 Å². The third-order valence-electron chi connectivity index (χ3n) is 2.14. The van der Waals surface area contributed by atoms with E-state index in [0.29, 0.717) is 11.6 Å². The minimum absolute atomic E-state index is 0.564. The molecule has 82 valence electrons. The van der Waals surface area contributed by atoms with Crippen LogP contribution in [0.15, 0.2) is 36.5 Å². The van der Waals surface area contributed by atoms with Gasteiger partial charge in [-0.3, -0.25) is 0 Å². The second-order valence-corrected chi connectivity index (χ2v) is 4.68. The Morgan fingerprint density at radius 1 is 1.31 bits per heavy atom. The lowest BCUT2D eigenvalue weighted by molar-refractivity contribution is 0.462. The zero-order valence-corrected chi connectivity index (χ0v) is 10.9. The lowest BCUT2D eigenvalue weighted by atomic mass is 10.2. The molecule has 16 heavy (non-hydrogen) atoms. The number of pyridine rings is 1. The Kier molecular flexibility index (Phi) is 3.28. The lowest BCUT2D eigenvalue weighted by Gasteiger charge is -2.06. The molecule has 1 heterocycles. The maximum Gasteiger partial charge on any atom is 0.219 e. The molecule has 0 saturated heterocycles. The van der Waals surface area contributed by atoms with Gasteiger partial charge >= 0.3 is 0 Å². The normalized spacial score (nSPS) is 10.1. The van der Waals surface area contributed by atoms with Crippen molar-refractivity contribution in [3.05, 3.63) is 45.7 Å². The summed E-state index contributed by atoms with van der Waals surface area (Å²) in [5.74, 6) is 1.34. The molecule has 2 rings (SSSR count). The van der Waals surface area contributed by atoms with Gasteiger partial charge in [0.2, 0.25) is 5.88 Å². The van der Waals surface area contributed by atoms with Crippen LogP contribution >= 0.6 is 22.6 Å². The molecule has 0 atom stereocenters. The summed E-state index contributed by atoms with van der Waals surface area (Å²) in [6.07, 6.45) is 1.61. The largest absolute Gasteiger partial charge is 0.439 e. The van der Waals surface area contributed by atoms with E-state index in [1.807, 2.05) is 37.3 Å². The molecule has 0 fully saturated rings. The molecule has 0 unspecified atom stereocenters. The van der Waals surface area contributed by atoms with E-state index in [4.69, 9.17) is 10.5 Å². The Morgan fingerprint density at radius 2 is 2.12 bits per heavy atom. The maximum atomic E-state index is 5.69. The summed E-state index contributed by atoms with van der Waals surface area (Å²) in [6, 6.07) is 9.63. The summed E-state index contributed by atoms with van der Waals surface area (Å²) in [7, 11) is 0. The first-order valence-corrected chi connectivity index (χ1v) is 5.88. The summed E-state index contributed by atoms with van der Waals surface area (Å²) in [6.45, 7) is 1.93. The zero-order chi connectivity index (χ0) is 11.5. The number of aromatic nitrogens is 1. The number of anilines is 1. The highest BCUT2D eigenvalue weighted by Crippen LogP contribution is 2.23. The van der Waals surface area contributed by atoms with Gasteiger partial charge in [0.25, 0.3) is 0 Å². The molecule has 2 aromatic rings. The van der Waals surface area contributed by atoms with Gasteiger partial charge < -0.3 is 10.5 Å². The highest BCUT2D eigenvalue weighted by Gasteiger charge is 2.01. The number of halogens is 1. The van der Waals surface area contributed by atoms with Crippen molar-refractivity contribution in [1.29, 1.82) is 0 Å². The van der Waals surface area contributed by atoms with Crippen LogP contribution in [0.3, 0.4) is 0 Å². The van der Waals surface area contributed by atoms with E-state index in [1.54, 1.807) is 6.20 Å². The van der Waals surface area contributed by atoms with Crippen LogP contribution in [0, 0.1) is 10.5 Å². The molecule has 1 aromatic heterocycles. The van der Waals surface area contributed by atoms with E-state index in [0.717, 1.165) is 14.9 Å². The van der Waals surface area contributed by atoms with Crippen molar-refractivity contribution in [2.45, 2.75) is 6.92 Å². The van der Waals surface area contributed by atoms with E-state index < -0.39 is 0 Å². The Morgan fingerprint density at radius 3 is 2.81 bits per heavy atom. The third-order valence-corrected chi connectivity index (χ3v) is 2.82. The number of hydrogen-bond donors (Lipinski definition) is 1. The van der Waals surface area contributed by atoms with Gasteiger partial charge in [-0.25, -0.2) is 4.98 Å². The molecule has 0 aliphatic rings. The molecule has 0 radical (unpaired) electrons. The highest BCUT2D eigenvalue weighted by molar-refractivity contribution is 14.1. The number of aryl methyl sites for hydroxylation is 1. The van der Waals surface area contributed by atoms with E-state index in [2.05, 4.69) is 27.6 Å². The molecule has 0 aliphatic carbocycles. The van der Waals surface area contributed by atoms with Crippen molar-refractivity contribution in [2.24, 2.45) is 0 Å². The first-order chi connectivity index (χ1) is 7.65. The van der Waals surface area contributed by atoms with E-state index in [1.165, 1.54) is 0 Å². The fraction of sp³-hybridized carbons (Fsp3) is 0.0833. The monoisotopic (exact) mass is 326 g/mol. The van der Waals surface area contributed by atoms with Crippen LogP contribution in [0.1, 0.15) is 5.56 Å². The fourth-order valence-corrected chi connectivity index (χ4v) is 1.76. The lowest BCUT2D eigenvalue weighted by Crippen LogP contribution is -1.94. The minimum atomic E-state index is 0.564.